The third-order valence-electron chi connectivity index (χ3n) is 3.15. The summed E-state index contributed by atoms with van der Waals surface area (Å²) in [6, 6.07) is 5.90. The standard InChI is InChI=1S/C17H19F3N2O2/c1-10-5-6-11-7-8-12(21-13(11)9-10)14(17(18,19)20)22-15(23)24-16(2,3)4/h5-9,14H,1-4H3,(H,22,23)/t14-/m0/s1. The number of alkyl halides is 3. The number of halogens is 3. The molecule has 24 heavy (non-hydrogen) atoms. The third kappa shape index (κ3) is 4.59. The van der Waals surface area contributed by atoms with Crippen LogP contribution in [0, 0.1) is 6.92 Å². The number of aromatic nitrogens is 1. The van der Waals surface area contributed by atoms with Crippen LogP contribution in [-0.4, -0.2) is 22.9 Å². The minimum absolute atomic E-state index is 0.286. The highest BCUT2D eigenvalue weighted by Crippen LogP contribution is 2.33. The van der Waals surface area contributed by atoms with Crippen LogP contribution in [0.5, 0.6) is 0 Å². The number of fused-ring (bicyclic) bond motifs is 1. The molecular formula is C17H19F3N2O2. The molecule has 1 amide bonds. The van der Waals surface area contributed by atoms with Crippen LogP contribution in [0.1, 0.15) is 38.1 Å². The van der Waals surface area contributed by atoms with Crippen LogP contribution in [0.2, 0.25) is 0 Å². The smallest absolute Gasteiger partial charge is 0.414 e. The number of nitrogens with zero attached hydrogens (tertiary/aromatic N) is 1. The summed E-state index contributed by atoms with van der Waals surface area (Å²) in [5, 5.41) is 2.59. The number of pyridine rings is 1. The molecule has 1 atom stereocenters. The number of aryl methyl sites for hydroxylation is 1. The fourth-order valence-corrected chi connectivity index (χ4v) is 2.15. The van der Waals surface area contributed by atoms with E-state index in [-0.39, 0.29) is 5.69 Å². The molecule has 0 bridgehead atoms. The van der Waals surface area contributed by atoms with Gasteiger partial charge in [0.1, 0.15) is 5.60 Å². The first-order chi connectivity index (χ1) is 11.0. The lowest BCUT2D eigenvalue weighted by Crippen LogP contribution is -2.41. The quantitative estimate of drug-likeness (QED) is 0.864. The number of hydrogen-bond donors (Lipinski definition) is 1. The van der Waals surface area contributed by atoms with Crippen LogP contribution in [-0.2, 0) is 4.74 Å². The molecule has 7 heteroatoms. The van der Waals surface area contributed by atoms with Gasteiger partial charge >= 0.3 is 12.3 Å². The van der Waals surface area contributed by atoms with E-state index in [2.05, 4.69) is 4.98 Å². The van der Waals surface area contributed by atoms with Crippen molar-refractivity contribution in [3.63, 3.8) is 0 Å². The Balaban J connectivity index is 2.36. The number of benzene rings is 1. The lowest BCUT2D eigenvalue weighted by molar-refractivity contribution is -0.157. The van der Waals surface area contributed by atoms with Crippen LogP contribution >= 0.6 is 0 Å². The molecule has 0 saturated carbocycles. The first-order valence-corrected chi connectivity index (χ1v) is 7.39. The highest BCUT2D eigenvalue weighted by Gasteiger charge is 2.43. The van der Waals surface area contributed by atoms with Gasteiger partial charge in [0.25, 0.3) is 0 Å². The van der Waals surface area contributed by atoms with Crippen molar-refractivity contribution in [2.45, 2.75) is 45.5 Å². The van der Waals surface area contributed by atoms with Gasteiger partial charge in [-0.15, -0.1) is 0 Å². The van der Waals surface area contributed by atoms with Gasteiger partial charge in [0, 0.05) is 5.39 Å². The van der Waals surface area contributed by atoms with E-state index in [1.165, 1.54) is 6.07 Å². The Hall–Kier alpha value is -2.31. The van der Waals surface area contributed by atoms with E-state index in [4.69, 9.17) is 4.74 Å². The lowest BCUT2D eigenvalue weighted by Gasteiger charge is -2.25. The second-order valence-corrected chi connectivity index (χ2v) is 6.55. The maximum atomic E-state index is 13.4. The van der Waals surface area contributed by atoms with E-state index in [0.29, 0.717) is 5.52 Å². The lowest BCUT2D eigenvalue weighted by atomic mass is 10.1. The first-order valence-electron chi connectivity index (χ1n) is 7.39. The number of amides is 1. The maximum Gasteiger partial charge on any atom is 0.414 e. The number of hydrogen-bond acceptors (Lipinski definition) is 3. The Labute approximate surface area is 138 Å². The number of carbonyl (C=O) groups is 1. The summed E-state index contributed by atoms with van der Waals surface area (Å²) < 4.78 is 45.0. The van der Waals surface area contributed by atoms with E-state index >= 15 is 0 Å². The van der Waals surface area contributed by atoms with Gasteiger partial charge < -0.3 is 10.1 Å². The SMILES string of the molecule is Cc1ccc2ccc([C@H](NC(=O)OC(C)(C)C)C(F)(F)F)nc2c1. The molecule has 0 fully saturated rings. The Morgan fingerprint density at radius 3 is 2.38 bits per heavy atom. The van der Waals surface area contributed by atoms with Crippen molar-refractivity contribution in [3.05, 3.63) is 41.6 Å². The average molecular weight is 340 g/mol. The number of rotatable bonds is 2. The van der Waals surface area contributed by atoms with Gasteiger partial charge in [-0.2, -0.15) is 13.2 Å². The molecule has 2 aromatic rings. The second-order valence-electron chi connectivity index (χ2n) is 6.55. The van der Waals surface area contributed by atoms with E-state index < -0.39 is 23.9 Å². The summed E-state index contributed by atoms with van der Waals surface area (Å²) in [4.78, 5) is 15.8. The molecule has 0 aliphatic carbocycles. The average Bonchev–Trinajstić information content (AvgIpc) is 2.41. The number of alkyl carbamates (subject to hydrolysis) is 1. The molecule has 0 saturated heterocycles. The van der Waals surface area contributed by atoms with Crippen LogP contribution in [0.15, 0.2) is 30.3 Å². The van der Waals surface area contributed by atoms with Crippen molar-refractivity contribution >= 4 is 17.0 Å². The Morgan fingerprint density at radius 1 is 1.17 bits per heavy atom. The van der Waals surface area contributed by atoms with E-state index in [0.717, 1.165) is 10.9 Å². The predicted octanol–water partition coefficient (Wildman–Crippen LogP) is 4.67. The highest BCUT2D eigenvalue weighted by atomic mass is 19.4. The molecule has 0 radical (unpaired) electrons. The number of carbonyl (C=O) groups excluding carboxylic acids is 1. The fraction of sp³-hybridized carbons (Fsp3) is 0.412. The van der Waals surface area contributed by atoms with Gasteiger partial charge in [-0.05, 0) is 45.4 Å². The van der Waals surface area contributed by atoms with Gasteiger partial charge in [0.05, 0.1) is 11.2 Å². The fourth-order valence-electron chi connectivity index (χ4n) is 2.15. The van der Waals surface area contributed by atoms with Crippen LogP contribution in [0.3, 0.4) is 0 Å². The van der Waals surface area contributed by atoms with Gasteiger partial charge in [0.2, 0.25) is 0 Å². The van der Waals surface area contributed by atoms with Crippen molar-refractivity contribution in [3.8, 4) is 0 Å². The minimum Gasteiger partial charge on any atom is -0.444 e. The van der Waals surface area contributed by atoms with Crippen LogP contribution < -0.4 is 5.32 Å². The third-order valence-corrected chi connectivity index (χ3v) is 3.15. The molecule has 1 heterocycles. The summed E-state index contributed by atoms with van der Waals surface area (Å²) in [7, 11) is 0. The summed E-state index contributed by atoms with van der Waals surface area (Å²) in [5.41, 5.74) is 0.142. The summed E-state index contributed by atoms with van der Waals surface area (Å²) in [6.45, 7) is 6.55. The van der Waals surface area contributed by atoms with Crippen molar-refractivity contribution in [2.75, 3.05) is 0 Å². The predicted molar refractivity (Wildman–Crippen MR) is 84.6 cm³/mol. The summed E-state index contributed by atoms with van der Waals surface area (Å²) >= 11 is 0. The van der Waals surface area contributed by atoms with Gasteiger partial charge in [0.15, 0.2) is 6.04 Å². The Morgan fingerprint density at radius 2 is 1.79 bits per heavy atom. The molecule has 4 nitrogen and oxygen atoms in total. The highest BCUT2D eigenvalue weighted by molar-refractivity contribution is 5.79. The number of nitrogens with one attached hydrogen (secondary N) is 1. The zero-order valence-electron chi connectivity index (χ0n) is 13.9. The summed E-state index contributed by atoms with van der Waals surface area (Å²) in [5.74, 6) is 0. The van der Waals surface area contributed by atoms with Gasteiger partial charge in [-0.3, -0.25) is 4.98 Å². The maximum absolute atomic E-state index is 13.4. The van der Waals surface area contributed by atoms with E-state index in [1.807, 2.05) is 18.3 Å². The topological polar surface area (TPSA) is 51.2 Å². The van der Waals surface area contributed by atoms with Crippen molar-refractivity contribution in [1.82, 2.24) is 10.3 Å². The summed E-state index contributed by atoms with van der Waals surface area (Å²) in [6.07, 6.45) is -5.84. The van der Waals surface area contributed by atoms with Gasteiger partial charge in [-0.25, -0.2) is 4.79 Å². The van der Waals surface area contributed by atoms with Gasteiger partial charge in [-0.1, -0.05) is 18.2 Å². The van der Waals surface area contributed by atoms with Crippen LogP contribution in [0.25, 0.3) is 10.9 Å². The Bertz CT molecular complexity index is 752. The molecule has 0 spiro atoms. The second kappa shape index (κ2) is 6.30. The molecule has 1 N–H and O–H groups in total. The molecule has 0 aliphatic heterocycles. The zero-order chi connectivity index (χ0) is 18.1. The number of ether oxygens (including phenoxy) is 1. The molecule has 0 unspecified atom stereocenters. The van der Waals surface area contributed by atoms with Crippen molar-refractivity contribution < 1.29 is 22.7 Å². The van der Waals surface area contributed by atoms with E-state index in [1.54, 1.807) is 39.0 Å². The van der Waals surface area contributed by atoms with E-state index in [9.17, 15) is 18.0 Å². The van der Waals surface area contributed by atoms with Crippen LogP contribution in [0.4, 0.5) is 18.0 Å². The monoisotopic (exact) mass is 340 g/mol. The normalized spacial score (nSPS) is 13.6. The largest absolute Gasteiger partial charge is 0.444 e. The first kappa shape index (κ1) is 18.0. The molecule has 0 aliphatic rings. The minimum atomic E-state index is -4.69. The molecule has 2 rings (SSSR count). The Kier molecular flexibility index (Phi) is 4.73. The molecule has 130 valence electrons. The van der Waals surface area contributed by atoms with Crippen molar-refractivity contribution in [2.24, 2.45) is 0 Å². The molecule has 1 aromatic heterocycles. The molecular weight excluding hydrogens is 321 g/mol. The molecule has 1 aromatic carbocycles. The van der Waals surface area contributed by atoms with Crippen molar-refractivity contribution in [1.29, 1.82) is 0 Å². The zero-order valence-corrected chi connectivity index (χ0v) is 13.9.